The van der Waals surface area contributed by atoms with Crippen LogP contribution in [0.2, 0.25) is 0 Å². The molecule has 4 heteroatoms. The summed E-state index contributed by atoms with van der Waals surface area (Å²) in [6.07, 6.45) is 2.03. The van der Waals surface area contributed by atoms with E-state index in [4.69, 9.17) is 11.6 Å². The van der Waals surface area contributed by atoms with Gasteiger partial charge in [-0.15, -0.1) is 0 Å². The second-order valence-corrected chi connectivity index (χ2v) is 7.64. The highest BCUT2D eigenvalue weighted by atomic mass is 16.6. The lowest BCUT2D eigenvalue weighted by Crippen LogP contribution is -2.53. The molecule has 0 saturated carbocycles. The standard InChI is InChI=1S/C23H26N2O2/c26-23(27-21-16-24-13-10-18(21)11-14-24)25-15-12-17-6-4-5-9-20(17)22(25)19-7-2-1-3-8-19/h1-9,18,21-22H,10-16H2/t21-,22+/m1/s1/i1D,2D,3D,7D,8D. The Balaban J connectivity index is 1.55. The molecule has 2 aromatic carbocycles. The van der Waals surface area contributed by atoms with Crippen LogP contribution in [0.1, 0.15) is 42.4 Å². The zero-order valence-corrected chi connectivity index (χ0v) is 15.2. The van der Waals surface area contributed by atoms with Crippen LogP contribution in [-0.4, -0.2) is 48.2 Å². The van der Waals surface area contributed by atoms with Gasteiger partial charge in [-0.05, 0) is 55.0 Å². The molecule has 4 aliphatic rings. The molecule has 0 unspecified atom stereocenters. The maximum Gasteiger partial charge on any atom is 0.410 e. The Morgan fingerprint density at radius 2 is 1.85 bits per heavy atom. The minimum absolute atomic E-state index is 0.119. The molecule has 0 aliphatic carbocycles. The number of piperidine rings is 3. The first-order chi connectivity index (χ1) is 15.4. The smallest absolute Gasteiger partial charge is 0.410 e. The van der Waals surface area contributed by atoms with E-state index in [2.05, 4.69) is 4.90 Å². The third-order valence-electron chi connectivity index (χ3n) is 6.16. The Morgan fingerprint density at radius 1 is 1.07 bits per heavy atom. The average molecular weight is 368 g/mol. The van der Waals surface area contributed by atoms with Gasteiger partial charge in [-0.2, -0.15) is 0 Å². The highest BCUT2D eigenvalue weighted by molar-refractivity contribution is 5.70. The molecule has 4 nitrogen and oxygen atoms in total. The largest absolute Gasteiger partial charge is 0.444 e. The molecule has 1 amide bonds. The maximum atomic E-state index is 13.4. The number of hydrogen-bond donors (Lipinski definition) is 0. The Morgan fingerprint density at radius 3 is 2.59 bits per heavy atom. The Labute approximate surface area is 167 Å². The number of hydrogen-bond acceptors (Lipinski definition) is 3. The minimum Gasteiger partial charge on any atom is -0.444 e. The Kier molecular flexibility index (Phi) is 3.16. The van der Waals surface area contributed by atoms with E-state index in [1.807, 2.05) is 24.3 Å². The number of nitrogens with zero attached hydrogens (tertiary/aromatic N) is 2. The highest BCUT2D eigenvalue weighted by Gasteiger charge is 2.39. The van der Waals surface area contributed by atoms with Gasteiger partial charge in [0.2, 0.25) is 0 Å². The van der Waals surface area contributed by atoms with E-state index in [9.17, 15) is 4.79 Å². The normalized spacial score (nSPS) is 31.9. The molecule has 0 aromatic heterocycles. The van der Waals surface area contributed by atoms with E-state index in [1.165, 1.54) is 0 Å². The molecular weight excluding hydrogens is 336 g/mol. The molecule has 4 aliphatic heterocycles. The summed E-state index contributed by atoms with van der Waals surface area (Å²) in [7, 11) is 0. The Hall–Kier alpha value is -2.33. The van der Waals surface area contributed by atoms with Crippen molar-refractivity contribution in [3.05, 3.63) is 71.2 Å². The van der Waals surface area contributed by atoms with E-state index < -0.39 is 30.3 Å². The van der Waals surface area contributed by atoms with E-state index in [1.54, 1.807) is 4.90 Å². The second kappa shape index (κ2) is 7.01. The molecule has 27 heavy (non-hydrogen) atoms. The van der Waals surface area contributed by atoms with Gasteiger partial charge in [0, 0.05) is 13.1 Å². The summed E-state index contributed by atoms with van der Waals surface area (Å²) in [4.78, 5) is 17.3. The van der Waals surface area contributed by atoms with Crippen LogP contribution in [0.5, 0.6) is 0 Å². The summed E-state index contributed by atoms with van der Waals surface area (Å²) < 4.78 is 47.2. The van der Waals surface area contributed by atoms with Crippen molar-refractivity contribution in [1.29, 1.82) is 0 Å². The van der Waals surface area contributed by atoms with Crippen molar-refractivity contribution in [3.63, 3.8) is 0 Å². The molecule has 0 spiro atoms. The van der Waals surface area contributed by atoms with Gasteiger partial charge in [0.1, 0.15) is 6.10 Å². The van der Waals surface area contributed by atoms with Crippen LogP contribution in [0.3, 0.4) is 0 Å². The van der Waals surface area contributed by atoms with Gasteiger partial charge in [-0.3, -0.25) is 9.80 Å². The zero-order chi connectivity index (χ0) is 22.6. The minimum atomic E-state index is -0.790. The molecule has 0 N–H and O–H groups in total. The van der Waals surface area contributed by atoms with Gasteiger partial charge in [-0.1, -0.05) is 54.5 Å². The van der Waals surface area contributed by atoms with Crippen LogP contribution < -0.4 is 0 Å². The summed E-state index contributed by atoms with van der Waals surface area (Å²) in [5.41, 5.74) is 1.91. The number of carbonyl (C=O) groups excluding carboxylic acids is 1. The quantitative estimate of drug-likeness (QED) is 0.808. The lowest BCUT2D eigenvalue weighted by Gasteiger charge is -2.45. The van der Waals surface area contributed by atoms with Crippen LogP contribution >= 0.6 is 0 Å². The van der Waals surface area contributed by atoms with Crippen molar-refractivity contribution >= 4 is 6.09 Å². The van der Waals surface area contributed by atoms with Crippen LogP contribution in [0.4, 0.5) is 4.79 Å². The molecule has 4 heterocycles. The van der Waals surface area contributed by atoms with Crippen molar-refractivity contribution in [2.75, 3.05) is 26.2 Å². The summed E-state index contributed by atoms with van der Waals surface area (Å²) >= 11 is 0. The van der Waals surface area contributed by atoms with Crippen LogP contribution in [0, 0.1) is 5.92 Å². The van der Waals surface area contributed by atoms with Crippen LogP contribution in [0.25, 0.3) is 0 Å². The number of benzene rings is 2. The predicted octanol–water partition coefficient (Wildman–Crippen LogP) is 3.86. The monoisotopic (exact) mass is 367 g/mol. The van der Waals surface area contributed by atoms with E-state index >= 15 is 0 Å². The van der Waals surface area contributed by atoms with Gasteiger partial charge in [0.25, 0.3) is 0 Å². The summed E-state index contributed by atoms with van der Waals surface area (Å²) in [6, 6.07) is 5.03. The lowest BCUT2D eigenvalue weighted by atomic mass is 9.86. The molecule has 140 valence electrons. The number of ether oxygens (including phenoxy) is 1. The van der Waals surface area contributed by atoms with Gasteiger partial charge in [-0.25, -0.2) is 4.79 Å². The highest BCUT2D eigenvalue weighted by Crippen LogP contribution is 2.36. The topological polar surface area (TPSA) is 32.8 Å². The molecule has 3 fully saturated rings. The SMILES string of the molecule is [2H]c1c([2H])c([2H])c([C@H]2c3ccccc3CCN2C(=O)O[C@@H]2CN3CCC2CC3)c([2H])c1[2H]. The number of amides is 1. The number of fused-ring (bicyclic) bond motifs is 4. The van der Waals surface area contributed by atoms with Crippen molar-refractivity contribution in [2.24, 2.45) is 5.92 Å². The first kappa shape index (κ1) is 12.2. The van der Waals surface area contributed by atoms with E-state index in [-0.39, 0.29) is 23.8 Å². The molecule has 6 rings (SSSR count). The van der Waals surface area contributed by atoms with Gasteiger partial charge in [0.15, 0.2) is 0 Å². The summed E-state index contributed by atoms with van der Waals surface area (Å²) in [6.45, 7) is 3.19. The first-order valence-electron chi connectivity index (χ1n) is 12.2. The third kappa shape index (κ3) is 3.12. The zero-order valence-electron chi connectivity index (χ0n) is 20.2. The molecule has 2 atom stereocenters. The van der Waals surface area contributed by atoms with Crippen molar-refractivity contribution < 1.29 is 16.4 Å². The predicted molar refractivity (Wildman–Crippen MR) is 105 cm³/mol. The fraction of sp³-hybridized carbons (Fsp3) is 0.435. The van der Waals surface area contributed by atoms with Crippen LogP contribution in [-0.2, 0) is 11.2 Å². The molecule has 3 saturated heterocycles. The van der Waals surface area contributed by atoms with Gasteiger partial charge >= 0.3 is 6.09 Å². The molecule has 2 bridgehead atoms. The third-order valence-corrected chi connectivity index (χ3v) is 6.16. The van der Waals surface area contributed by atoms with E-state index in [0.29, 0.717) is 18.9 Å². The Bertz CT molecular complexity index is 1040. The maximum absolute atomic E-state index is 13.4. The fourth-order valence-electron chi connectivity index (χ4n) is 4.71. The summed E-state index contributed by atoms with van der Waals surface area (Å²) in [5, 5.41) is 0. The number of carbonyl (C=O) groups is 1. The second-order valence-electron chi connectivity index (χ2n) is 7.64. The van der Waals surface area contributed by atoms with Gasteiger partial charge in [0.05, 0.1) is 12.9 Å². The van der Waals surface area contributed by atoms with Crippen molar-refractivity contribution in [2.45, 2.75) is 31.4 Å². The number of rotatable bonds is 2. The van der Waals surface area contributed by atoms with Gasteiger partial charge < -0.3 is 4.74 Å². The fourth-order valence-corrected chi connectivity index (χ4v) is 4.71. The van der Waals surface area contributed by atoms with Crippen molar-refractivity contribution in [1.82, 2.24) is 9.80 Å². The van der Waals surface area contributed by atoms with Crippen molar-refractivity contribution in [3.8, 4) is 0 Å². The molecule has 2 aromatic rings. The molecule has 0 radical (unpaired) electrons. The van der Waals surface area contributed by atoms with E-state index in [0.717, 1.165) is 43.6 Å². The van der Waals surface area contributed by atoms with Crippen LogP contribution in [0.15, 0.2) is 54.5 Å². The first-order valence-corrected chi connectivity index (χ1v) is 9.71. The molecular formula is C23H26N2O2. The average Bonchev–Trinajstić information content (AvgIpc) is 2.82. The lowest BCUT2D eigenvalue weighted by molar-refractivity contribution is -0.0462. The summed E-state index contributed by atoms with van der Waals surface area (Å²) in [5.74, 6) is 0.361.